The van der Waals surface area contributed by atoms with Crippen molar-refractivity contribution in [1.82, 2.24) is 15.0 Å². The fraction of sp³-hybridized carbons (Fsp3) is 0.100. The van der Waals surface area contributed by atoms with Crippen molar-refractivity contribution in [2.45, 2.75) is 13.0 Å². The van der Waals surface area contributed by atoms with Gasteiger partial charge in [0.2, 0.25) is 5.89 Å². The van der Waals surface area contributed by atoms with Crippen LogP contribution in [0.5, 0.6) is 17.5 Å². The molecule has 0 radical (unpaired) electrons. The molecule has 2 aromatic carbocycles. The first-order valence-electron chi connectivity index (χ1n) is 8.66. The van der Waals surface area contributed by atoms with Gasteiger partial charge in [-0.15, -0.1) is 0 Å². The summed E-state index contributed by atoms with van der Waals surface area (Å²) in [6.45, 7) is 1.29. The van der Waals surface area contributed by atoms with E-state index in [2.05, 4.69) is 15.0 Å². The predicted octanol–water partition coefficient (Wildman–Crippen LogP) is 4.21. The van der Waals surface area contributed by atoms with Crippen LogP contribution in [0.25, 0.3) is 22.7 Å². The van der Waals surface area contributed by atoms with Gasteiger partial charge in [0.05, 0.1) is 6.20 Å². The van der Waals surface area contributed by atoms with Crippen LogP contribution in [0.2, 0.25) is 0 Å². The zero-order valence-electron chi connectivity index (χ0n) is 15.4. The highest BCUT2D eigenvalue weighted by Crippen LogP contribution is 2.29. The van der Waals surface area contributed by atoms with Crippen molar-refractivity contribution in [1.29, 1.82) is 0 Å². The lowest BCUT2D eigenvalue weighted by Crippen LogP contribution is -2.23. The number of oxazole rings is 1. The number of carboxylic acid groups (broad SMARTS) is 1. The average Bonchev–Trinajstić information content (AvgIpc) is 3.14. The molecule has 0 aliphatic rings. The maximum absolute atomic E-state index is 14.3. The number of hydrogen-bond acceptors (Lipinski definition) is 7. The Kier molecular flexibility index (Phi) is 4.97. The molecule has 1 unspecified atom stereocenters. The fourth-order valence-electron chi connectivity index (χ4n) is 2.49. The third kappa shape index (κ3) is 3.88. The zero-order chi connectivity index (χ0) is 21.3. The number of carbonyl (C=O) groups is 1. The maximum Gasteiger partial charge on any atom is 0.344 e. The number of ether oxygens (including phenoxy) is 2. The number of halogens is 2. The molecule has 1 atom stereocenters. The Morgan fingerprint density at radius 3 is 2.63 bits per heavy atom. The number of para-hydroxylation sites is 1. The first-order valence-corrected chi connectivity index (χ1v) is 8.66. The molecule has 0 saturated carbocycles. The number of aromatic nitrogens is 3. The van der Waals surface area contributed by atoms with E-state index in [0.29, 0.717) is 0 Å². The van der Waals surface area contributed by atoms with Gasteiger partial charge in [-0.2, -0.15) is 4.98 Å². The summed E-state index contributed by atoms with van der Waals surface area (Å²) < 4.78 is 43.9. The summed E-state index contributed by atoms with van der Waals surface area (Å²) in [6, 6.07) is 9.46. The van der Waals surface area contributed by atoms with Gasteiger partial charge in [0.1, 0.15) is 5.52 Å². The second kappa shape index (κ2) is 7.74. The van der Waals surface area contributed by atoms with Gasteiger partial charge in [-0.05, 0) is 37.3 Å². The summed E-state index contributed by atoms with van der Waals surface area (Å²) in [4.78, 5) is 23.0. The zero-order valence-corrected chi connectivity index (χ0v) is 15.4. The largest absolute Gasteiger partial charge is 0.479 e. The van der Waals surface area contributed by atoms with Crippen molar-refractivity contribution < 1.29 is 32.6 Å². The van der Waals surface area contributed by atoms with Crippen molar-refractivity contribution in [3.05, 3.63) is 60.3 Å². The molecule has 10 heteroatoms. The quantitative estimate of drug-likeness (QED) is 0.501. The summed E-state index contributed by atoms with van der Waals surface area (Å²) in [5, 5.41) is 8.86. The molecule has 0 amide bonds. The van der Waals surface area contributed by atoms with Gasteiger partial charge in [0.25, 0.3) is 5.71 Å². The van der Waals surface area contributed by atoms with E-state index in [9.17, 15) is 13.6 Å². The van der Waals surface area contributed by atoms with E-state index < -0.39 is 23.7 Å². The molecule has 30 heavy (non-hydrogen) atoms. The lowest BCUT2D eigenvalue weighted by atomic mass is 10.2. The minimum absolute atomic E-state index is 0.0511. The highest BCUT2D eigenvalue weighted by molar-refractivity contribution is 5.73. The van der Waals surface area contributed by atoms with E-state index in [4.69, 9.17) is 19.0 Å². The monoisotopic (exact) mass is 413 g/mol. The van der Waals surface area contributed by atoms with Crippen LogP contribution in [0, 0.1) is 11.6 Å². The van der Waals surface area contributed by atoms with Crippen LogP contribution in [0.3, 0.4) is 0 Å². The molecular formula is C20H13F2N3O5. The van der Waals surface area contributed by atoms with Crippen molar-refractivity contribution in [2.24, 2.45) is 0 Å². The lowest BCUT2D eigenvalue weighted by Gasteiger charge is -2.11. The molecule has 152 valence electrons. The highest BCUT2D eigenvalue weighted by atomic mass is 19.1. The Bertz CT molecular complexity index is 1240. The molecule has 4 aromatic rings. The molecule has 2 aromatic heterocycles. The number of benzene rings is 2. The third-order valence-electron chi connectivity index (χ3n) is 4.00. The minimum atomic E-state index is -1.22. The lowest BCUT2D eigenvalue weighted by molar-refractivity contribution is -0.144. The summed E-state index contributed by atoms with van der Waals surface area (Å²) in [5.74, 6) is -2.79. The molecule has 0 bridgehead atoms. The normalized spacial score (nSPS) is 12.0. The number of hydrogen-bond donors (Lipinski definition) is 1. The first kappa shape index (κ1) is 19.2. The molecule has 0 spiro atoms. The van der Waals surface area contributed by atoms with Gasteiger partial charge in [-0.25, -0.2) is 23.5 Å². The Morgan fingerprint density at radius 2 is 1.90 bits per heavy atom. The standard InChI is InChI=1S/C20H13F2N3O5/c1-10(19(26)27)28-16-7-6-11(8-13(16)22)17-24-14-9-23-20(25-18(14)30-17)29-15-5-3-2-4-12(15)21/h2-10H,1H3,(H,26,27). The topological polar surface area (TPSA) is 108 Å². The summed E-state index contributed by atoms with van der Waals surface area (Å²) in [6.07, 6.45) is 0.117. The predicted molar refractivity (Wildman–Crippen MR) is 99.2 cm³/mol. The Hall–Kier alpha value is -4.08. The fourth-order valence-corrected chi connectivity index (χ4v) is 2.49. The first-order chi connectivity index (χ1) is 14.4. The van der Waals surface area contributed by atoms with Crippen LogP contribution in [0.4, 0.5) is 8.78 Å². The molecule has 1 N–H and O–H groups in total. The Morgan fingerprint density at radius 1 is 1.10 bits per heavy atom. The molecule has 0 aliphatic heterocycles. The highest BCUT2D eigenvalue weighted by Gasteiger charge is 2.18. The molecule has 4 rings (SSSR count). The molecule has 0 fully saturated rings. The Labute approximate surface area is 167 Å². The molecule has 0 aliphatic carbocycles. The molecular weight excluding hydrogens is 400 g/mol. The Balaban J connectivity index is 1.60. The summed E-state index contributed by atoms with van der Waals surface area (Å²) in [7, 11) is 0. The van der Waals surface area contributed by atoms with Crippen LogP contribution >= 0.6 is 0 Å². The molecule has 8 nitrogen and oxygen atoms in total. The second-order valence-corrected chi connectivity index (χ2v) is 6.14. The van der Waals surface area contributed by atoms with E-state index in [0.717, 1.165) is 6.07 Å². The van der Waals surface area contributed by atoms with Gasteiger partial charge in [0.15, 0.2) is 29.2 Å². The molecule has 0 saturated heterocycles. The van der Waals surface area contributed by atoms with Gasteiger partial charge < -0.3 is 19.0 Å². The van der Waals surface area contributed by atoms with Crippen molar-refractivity contribution in [2.75, 3.05) is 0 Å². The van der Waals surface area contributed by atoms with Gasteiger partial charge in [0, 0.05) is 5.56 Å². The summed E-state index contributed by atoms with van der Waals surface area (Å²) in [5.41, 5.74) is 0.620. The average molecular weight is 413 g/mol. The van der Waals surface area contributed by atoms with Crippen LogP contribution < -0.4 is 9.47 Å². The van der Waals surface area contributed by atoms with E-state index in [1.165, 1.54) is 43.5 Å². The second-order valence-electron chi connectivity index (χ2n) is 6.14. The van der Waals surface area contributed by atoms with E-state index >= 15 is 0 Å². The van der Waals surface area contributed by atoms with Crippen molar-refractivity contribution >= 4 is 17.2 Å². The molecule has 2 heterocycles. The number of fused-ring (bicyclic) bond motifs is 1. The number of nitrogens with zero attached hydrogens (tertiary/aromatic N) is 3. The number of rotatable bonds is 6. The van der Waals surface area contributed by atoms with Crippen molar-refractivity contribution in [3.63, 3.8) is 0 Å². The van der Waals surface area contributed by atoms with Gasteiger partial charge in [-0.1, -0.05) is 12.1 Å². The third-order valence-corrected chi connectivity index (χ3v) is 4.00. The SMILES string of the molecule is CC(Oc1ccc(-c2nc3cnc(Oc4ccccc4F)nc3o2)cc1F)C(=O)O. The van der Waals surface area contributed by atoms with Crippen LogP contribution in [-0.4, -0.2) is 32.1 Å². The number of carboxylic acids is 1. The van der Waals surface area contributed by atoms with Crippen LogP contribution in [0.15, 0.2) is 53.1 Å². The van der Waals surface area contributed by atoms with E-state index in [1.54, 1.807) is 6.07 Å². The van der Waals surface area contributed by atoms with Crippen LogP contribution in [-0.2, 0) is 4.79 Å². The van der Waals surface area contributed by atoms with E-state index in [-0.39, 0.29) is 40.2 Å². The maximum atomic E-state index is 14.3. The smallest absolute Gasteiger partial charge is 0.344 e. The van der Waals surface area contributed by atoms with Gasteiger partial charge >= 0.3 is 12.0 Å². The number of aliphatic carboxylic acids is 1. The van der Waals surface area contributed by atoms with E-state index in [1.807, 2.05) is 0 Å². The van der Waals surface area contributed by atoms with Gasteiger partial charge in [-0.3, -0.25) is 0 Å². The van der Waals surface area contributed by atoms with Crippen LogP contribution in [0.1, 0.15) is 6.92 Å². The minimum Gasteiger partial charge on any atom is -0.479 e. The summed E-state index contributed by atoms with van der Waals surface area (Å²) >= 11 is 0. The van der Waals surface area contributed by atoms with Crippen molar-refractivity contribution in [3.8, 4) is 29.0 Å².